The lowest BCUT2D eigenvalue weighted by Crippen LogP contribution is -2.22. The number of aromatic nitrogens is 3. The van der Waals surface area contributed by atoms with E-state index in [-0.39, 0.29) is 6.54 Å². The standard InChI is InChI=1S/C16H16N4O5S2/c1-8-14(27-19-18-8)15(22)17-16-20(7-13(21)25-4)9-5-10(23-2)11(24-3)6-12(9)26-16/h5-6H,7H2,1-4H3. The first-order valence-corrected chi connectivity index (χ1v) is 9.27. The molecule has 3 rings (SSSR count). The van der Waals surface area contributed by atoms with E-state index in [4.69, 9.17) is 14.2 Å². The third-order valence-corrected chi connectivity index (χ3v) is 5.60. The van der Waals surface area contributed by atoms with Crippen LogP contribution in [0.25, 0.3) is 10.2 Å². The average molecular weight is 408 g/mol. The number of rotatable bonds is 5. The molecule has 142 valence electrons. The number of hydrogen-bond acceptors (Lipinski definition) is 9. The Morgan fingerprint density at radius 3 is 2.48 bits per heavy atom. The van der Waals surface area contributed by atoms with Crippen LogP contribution < -0.4 is 14.3 Å². The Labute approximate surface area is 162 Å². The van der Waals surface area contributed by atoms with E-state index in [0.717, 1.165) is 16.2 Å². The lowest BCUT2D eigenvalue weighted by molar-refractivity contribution is -0.141. The molecule has 0 spiro atoms. The van der Waals surface area contributed by atoms with Crippen LogP contribution in [0.4, 0.5) is 0 Å². The fourth-order valence-electron chi connectivity index (χ4n) is 2.39. The lowest BCUT2D eigenvalue weighted by atomic mass is 10.3. The van der Waals surface area contributed by atoms with Crippen molar-refractivity contribution < 1.29 is 23.8 Å². The van der Waals surface area contributed by atoms with Gasteiger partial charge >= 0.3 is 5.97 Å². The van der Waals surface area contributed by atoms with Crippen molar-refractivity contribution in [3.8, 4) is 11.5 Å². The number of thiazole rings is 1. The number of esters is 1. The maximum atomic E-state index is 12.5. The van der Waals surface area contributed by atoms with Crippen LogP contribution in [0.3, 0.4) is 0 Å². The summed E-state index contributed by atoms with van der Waals surface area (Å²) >= 11 is 2.23. The minimum Gasteiger partial charge on any atom is -0.493 e. The highest BCUT2D eigenvalue weighted by Crippen LogP contribution is 2.33. The molecule has 0 saturated carbocycles. The average Bonchev–Trinajstić information content (AvgIpc) is 3.23. The molecular formula is C16H16N4O5S2. The smallest absolute Gasteiger partial charge is 0.325 e. The molecule has 1 amide bonds. The molecule has 0 N–H and O–H groups in total. The molecule has 0 aliphatic heterocycles. The lowest BCUT2D eigenvalue weighted by Gasteiger charge is -2.09. The van der Waals surface area contributed by atoms with Gasteiger partial charge in [0.05, 0.1) is 37.2 Å². The first kappa shape index (κ1) is 19.0. The van der Waals surface area contributed by atoms with E-state index >= 15 is 0 Å². The van der Waals surface area contributed by atoms with Gasteiger partial charge in [-0.3, -0.25) is 9.59 Å². The molecule has 0 fully saturated rings. The van der Waals surface area contributed by atoms with Gasteiger partial charge in [-0.25, -0.2) is 0 Å². The van der Waals surface area contributed by atoms with Gasteiger partial charge < -0.3 is 18.8 Å². The van der Waals surface area contributed by atoms with Gasteiger partial charge in [-0.2, -0.15) is 4.99 Å². The Morgan fingerprint density at radius 1 is 1.19 bits per heavy atom. The number of ether oxygens (including phenoxy) is 3. The number of carbonyl (C=O) groups is 2. The number of carbonyl (C=O) groups excluding carboxylic acids is 2. The summed E-state index contributed by atoms with van der Waals surface area (Å²) in [6.45, 7) is 1.59. The Morgan fingerprint density at radius 2 is 1.89 bits per heavy atom. The third-order valence-electron chi connectivity index (χ3n) is 3.75. The van der Waals surface area contributed by atoms with Gasteiger partial charge in [-0.15, -0.1) is 5.10 Å². The van der Waals surface area contributed by atoms with Gasteiger partial charge in [-0.05, 0) is 18.5 Å². The normalized spacial score (nSPS) is 11.6. The first-order chi connectivity index (χ1) is 13.0. The predicted molar refractivity (Wildman–Crippen MR) is 99.5 cm³/mol. The Bertz CT molecular complexity index is 1080. The van der Waals surface area contributed by atoms with E-state index in [2.05, 4.69) is 14.6 Å². The van der Waals surface area contributed by atoms with Crippen LogP contribution >= 0.6 is 22.9 Å². The summed E-state index contributed by atoms with van der Waals surface area (Å²) in [5.74, 6) is 0.110. The van der Waals surface area contributed by atoms with E-state index in [9.17, 15) is 9.59 Å². The molecule has 0 saturated heterocycles. The summed E-state index contributed by atoms with van der Waals surface area (Å²) < 4.78 is 21.6. The molecule has 11 heteroatoms. The summed E-state index contributed by atoms with van der Waals surface area (Å²) in [6.07, 6.45) is 0. The van der Waals surface area contributed by atoms with Crippen molar-refractivity contribution in [2.75, 3.05) is 21.3 Å². The highest BCUT2D eigenvalue weighted by Gasteiger charge is 2.17. The molecule has 0 radical (unpaired) electrons. The number of benzene rings is 1. The number of fused-ring (bicyclic) bond motifs is 1. The van der Waals surface area contributed by atoms with Gasteiger partial charge in [0.15, 0.2) is 16.3 Å². The Kier molecular flexibility index (Phi) is 5.51. The molecular weight excluding hydrogens is 392 g/mol. The van der Waals surface area contributed by atoms with Crippen molar-refractivity contribution >= 4 is 45.0 Å². The van der Waals surface area contributed by atoms with Crippen molar-refractivity contribution in [1.29, 1.82) is 0 Å². The minimum atomic E-state index is -0.466. The number of nitrogens with zero attached hydrogens (tertiary/aromatic N) is 4. The second-order valence-electron chi connectivity index (χ2n) is 5.33. The fraction of sp³-hybridized carbons (Fsp3) is 0.312. The second kappa shape index (κ2) is 7.84. The molecule has 0 unspecified atom stereocenters. The van der Waals surface area contributed by atoms with E-state index in [1.807, 2.05) is 0 Å². The molecule has 3 aromatic rings. The number of methoxy groups -OCH3 is 3. The summed E-state index contributed by atoms with van der Waals surface area (Å²) in [4.78, 5) is 29.3. The number of aryl methyl sites for hydroxylation is 1. The van der Waals surface area contributed by atoms with Crippen LogP contribution in [0.5, 0.6) is 11.5 Å². The third kappa shape index (κ3) is 3.69. The molecule has 0 atom stereocenters. The van der Waals surface area contributed by atoms with Crippen LogP contribution in [0.2, 0.25) is 0 Å². The summed E-state index contributed by atoms with van der Waals surface area (Å²) in [5, 5.41) is 3.83. The van der Waals surface area contributed by atoms with E-state index in [1.165, 1.54) is 32.7 Å². The maximum Gasteiger partial charge on any atom is 0.325 e. The molecule has 9 nitrogen and oxygen atoms in total. The van der Waals surface area contributed by atoms with Crippen molar-refractivity contribution in [2.24, 2.45) is 4.99 Å². The molecule has 0 aliphatic carbocycles. The van der Waals surface area contributed by atoms with Crippen LogP contribution in [0, 0.1) is 6.92 Å². The summed E-state index contributed by atoms with van der Waals surface area (Å²) in [5.41, 5.74) is 1.19. The fourth-order valence-corrected chi connectivity index (χ4v) is 3.97. The minimum absolute atomic E-state index is 0.0992. The van der Waals surface area contributed by atoms with Crippen molar-refractivity contribution in [3.05, 3.63) is 27.5 Å². The molecule has 1 aromatic carbocycles. The van der Waals surface area contributed by atoms with Crippen LogP contribution in [0.15, 0.2) is 17.1 Å². The van der Waals surface area contributed by atoms with E-state index in [1.54, 1.807) is 23.6 Å². The predicted octanol–water partition coefficient (Wildman–Crippen LogP) is 1.79. The maximum absolute atomic E-state index is 12.5. The Hall–Kier alpha value is -2.79. The molecule has 0 aliphatic rings. The van der Waals surface area contributed by atoms with Crippen molar-refractivity contribution in [2.45, 2.75) is 13.5 Å². The Balaban J connectivity index is 2.22. The van der Waals surface area contributed by atoms with Gasteiger partial charge in [0.2, 0.25) is 0 Å². The first-order valence-electron chi connectivity index (χ1n) is 7.68. The van der Waals surface area contributed by atoms with E-state index < -0.39 is 11.9 Å². The summed E-state index contributed by atoms with van der Waals surface area (Å²) in [6, 6.07) is 3.51. The number of hydrogen-bond donors (Lipinski definition) is 0. The van der Waals surface area contributed by atoms with Crippen LogP contribution in [-0.4, -0.2) is 47.4 Å². The second-order valence-corrected chi connectivity index (χ2v) is 7.09. The highest BCUT2D eigenvalue weighted by atomic mass is 32.1. The van der Waals surface area contributed by atoms with Gasteiger partial charge in [0.1, 0.15) is 11.4 Å². The molecule has 0 bridgehead atoms. The van der Waals surface area contributed by atoms with Gasteiger partial charge in [0, 0.05) is 12.1 Å². The van der Waals surface area contributed by atoms with Crippen molar-refractivity contribution in [3.63, 3.8) is 0 Å². The zero-order chi connectivity index (χ0) is 19.6. The highest BCUT2D eigenvalue weighted by molar-refractivity contribution is 7.16. The molecule has 2 heterocycles. The zero-order valence-corrected chi connectivity index (χ0v) is 16.6. The number of amides is 1. The topological polar surface area (TPSA) is 105 Å². The van der Waals surface area contributed by atoms with Crippen LogP contribution in [-0.2, 0) is 16.1 Å². The summed E-state index contributed by atoms with van der Waals surface area (Å²) in [7, 11) is 4.36. The largest absolute Gasteiger partial charge is 0.493 e. The van der Waals surface area contributed by atoms with Gasteiger partial charge in [-0.1, -0.05) is 15.8 Å². The van der Waals surface area contributed by atoms with Crippen molar-refractivity contribution in [1.82, 2.24) is 14.2 Å². The van der Waals surface area contributed by atoms with Gasteiger partial charge in [0.25, 0.3) is 5.91 Å². The molecule has 2 aromatic heterocycles. The zero-order valence-electron chi connectivity index (χ0n) is 15.0. The van der Waals surface area contributed by atoms with Crippen LogP contribution in [0.1, 0.15) is 15.4 Å². The molecule has 27 heavy (non-hydrogen) atoms. The van der Waals surface area contributed by atoms with E-state index in [0.29, 0.717) is 32.4 Å². The monoisotopic (exact) mass is 408 g/mol. The SMILES string of the molecule is COC(=O)Cn1c(=NC(=O)c2snnc2C)sc2cc(OC)c(OC)cc21. The quantitative estimate of drug-likeness (QED) is 0.593.